The Morgan fingerprint density at radius 1 is 1.08 bits per heavy atom. The highest BCUT2D eigenvalue weighted by molar-refractivity contribution is 9.10. The van der Waals surface area contributed by atoms with Crippen molar-refractivity contribution in [3.8, 4) is 17.4 Å². The van der Waals surface area contributed by atoms with Crippen LogP contribution in [0.1, 0.15) is 10.4 Å². The molecule has 1 aliphatic heterocycles. The molecule has 0 amide bonds. The molecule has 2 aromatic carbocycles. The third-order valence-electron chi connectivity index (χ3n) is 3.76. The van der Waals surface area contributed by atoms with Crippen LogP contribution in [0.3, 0.4) is 0 Å². The van der Waals surface area contributed by atoms with E-state index in [2.05, 4.69) is 25.9 Å². The zero-order valence-corrected chi connectivity index (χ0v) is 14.7. The van der Waals surface area contributed by atoms with Crippen molar-refractivity contribution >= 4 is 32.6 Å². The first kappa shape index (κ1) is 15.8. The lowest BCUT2D eigenvalue weighted by atomic mass is 10.1. The number of carbonyl (C=O) groups excluding carboxylic acids is 1. The van der Waals surface area contributed by atoms with Crippen LogP contribution in [0.2, 0.25) is 0 Å². The van der Waals surface area contributed by atoms with Crippen LogP contribution in [0.4, 0.5) is 0 Å². The summed E-state index contributed by atoms with van der Waals surface area (Å²) in [7, 11) is 0. The second kappa shape index (κ2) is 6.68. The van der Waals surface area contributed by atoms with Gasteiger partial charge in [-0.3, -0.25) is 4.79 Å². The molecule has 25 heavy (non-hydrogen) atoms. The molecule has 2 heterocycles. The summed E-state index contributed by atoms with van der Waals surface area (Å²) in [6.07, 6.45) is 1.42. The lowest BCUT2D eigenvalue weighted by Crippen LogP contribution is -2.17. The molecule has 0 atom stereocenters. The van der Waals surface area contributed by atoms with Gasteiger partial charge in [0.15, 0.2) is 23.9 Å². The number of nitrogens with zero attached hydrogens (tertiary/aromatic N) is 2. The minimum Gasteiger partial charge on any atom is -0.486 e. The number of aromatic nitrogens is 2. The number of carbonyl (C=O) groups is 1. The second-order valence-electron chi connectivity index (χ2n) is 5.41. The van der Waals surface area contributed by atoms with Gasteiger partial charge < -0.3 is 14.2 Å². The van der Waals surface area contributed by atoms with Gasteiger partial charge in [-0.15, -0.1) is 0 Å². The van der Waals surface area contributed by atoms with Crippen molar-refractivity contribution in [3.05, 3.63) is 52.8 Å². The summed E-state index contributed by atoms with van der Waals surface area (Å²) in [5.41, 5.74) is 1.25. The van der Waals surface area contributed by atoms with Gasteiger partial charge in [0.25, 0.3) is 0 Å². The van der Waals surface area contributed by atoms with Gasteiger partial charge in [0.2, 0.25) is 5.88 Å². The monoisotopic (exact) mass is 400 g/mol. The molecule has 3 aromatic rings. The molecule has 0 spiro atoms. The van der Waals surface area contributed by atoms with Gasteiger partial charge in [0.1, 0.15) is 19.5 Å². The first-order valence-corrected chi connectivity index (χ1v) is 8.46. The molecule has 4 rings (SSSR count). The Kier molecular flexibility index (Phi) is 4.23. The number of hydrogen-bond donors (Lipinski definition) is 0. The summed E-state index contributed by atoms with van der Waals surface area (Å²) in [5, 5.41) is 0.742. The van der Waals surface area contributed by atoms with Crippen LogP contribution in [0.5, 0.6) is 17.4 Å². The summed E-state index contributed by atoms with van der Waals surface area (Å²) >= 11 is 3.41. The van der Waals surface area contributed by atoms with Gasteiger partial charge in [0, 0.05) is 10.0 Å². The molecule has 0 bridgehead atoms. The minimum absolute atomic E-state index is 0.127. The fourth-order valence-corrected chi connectivity index (χ4v) is 2.92. The quantitative estimate of drug-likeness (QED) is 0.624. The van der Waals surface area contributed by atoms with Gasteiger partial charge in [-0.25, -0.2) is 9.97 Å². The standard InChI is InChI=1S/C18H13BrN2O4/c19-12-2-3-14-13(8-12)18(21-10-20-14)25-9-15(22)11-1-4-16-17(7-11)24-6-5-23-16/h1-4,7-8,10H,5-6,9H2. The zero-order valence-electron chi connectivity index (χ0n) is 13.1. The maximum Gasteiger partial charge on any atom is 0.224 e. The molecule has 0 radical (unpaired) electrons. The van der Waals surface area contributed by atoms with E-state index in [0.717, 1.165) is 15.4 Å². The second-order valence-corrected chi connectivity index (χ2v) is 6.33. The van der Waals surface area contributed by atoms with Crippen molar-refractivity contribution in [1.82, 2.24) is 9.97 Å². The topological polar surface area (TPSA) is 70.5 Å². The Hall–Kier alpha value is -2.67. The number of fused-ring (bicyclic) bond motifs is 2. The average molecular weight is 401 g/mol. The average Bonchev–Trinajstić information content (AvgIpc) is 2.65. The molecule has 0 unspecified atom stereocenters. The minimum atomic E-state index is -0.168. The lowest BCUT2D eigenvalue weighted by Gasteiger charge is -2.18. The largest absolute Gasteiger partial charge is 0.486 e. The zero-order chi connectivity index (χ0) is 17.2. The van der Waals surface area contributed by atoms with Crippen LogP contribution in [-0.4, -0.2) is 35.6 Å². The van der Waals surface area contributed by atoms with Crippen molar-refractivity contribution in [2.45, 2.75) is 0 Å². The van der Waals surface area contributed by atoms with Gasteiger partial charge in [-0.1, -0.05) is 15.9 Å². The Labute approximate surface area is 151 Å². The van der Waals surface area contributed by atoms with E-state index in [1.807, 2.05) is 18.2 Å². The summed E-state index contributed by atoms with van der Waals surface area (Å²) in [6, 6.07) is 10.7. The van der Waals surface area contributed by atoms with Crippen molar-refractivity contribution in [2.75, 3.05) is 19.8 Å². The number of rotatable bonds is 4. The molecule has 0 saturated carbocycles. The first-order chi connectivity index (χ1) is 12.2. The number of hydrogen-bond acceptors (Lipinski definition) is 6. The fraction of sp³-hybridized carbons (Fsp3) is 0.167. The first-order valence-electron chi connectivity index (χ1n) is 7.66. The Bertz CT molecular complexity index is 961. The molecular weight excluding hydrogens is 388 g/mol. The van der Waals surface area contributed by atoms with Crippen LogP contribution in [0, 0.1) is 0 Å². The SMILES string of the molecule is O=C(COc1ncnc2ccc(Br)cc12)c1ccc2c(c1)OCCO2. The van der Waals surface area contributed by atoms with Crippen LogP contribution in [0.25, 0.3) is 10.9 Å². The van der Waals surface area contributed by atoms with E-state index >= 15 is 0 Å². The van der Waals surface area contributed by atoms with E-state index in [4.69, 9.17) is 14.2 Å². The molecule has 0 N–H and O–H groups in total. The highest BCUT2D eigenvalue weighted by Crippen LogP contribution is 2.31. The van der Waals surface area contributed by atoms with Crippen molar-refractivity contribution < 1.29 is 19.0 Å². The van der Waals surface area contributed by atoms with Crippen molar-refractivity contribution in [2.24, 2.45) is 0 Å². The number of Topliss-reactive ketones (excluding diaryl/α,β-unsaturated/α-hetero) is 1. The number of benzene rings is 2. The van der Waals surface area contributed by atoms with E-state index in [-0.39, 0.29) is 12.4 Å². The molecule has 0 saturated heterocycles. The predicted molar refractivity (Wildman–Crippen MR) is 94.5 cm³/mol. The third kappa shape index (κ3) is 3.28. The van der Waals surface area contributed by atoms with E-state index in [1.165, 1.54) is 6.33 Å². The smallest absolute Gasteiger partial charge is 0.224 e. The number of ketones is 1. The van der Waals surface area contributed by atoms with Crippen LogP contribution < -0.4 is 14.2 Å². The summed E-state index contributed by atoms with van der Waals surface area (Å²) in [5.74, 6) is 1.43. The normalized spacial score (nSPS) is 12.8. The lowest BCUT2D eigenvalue weighted by molar-refractivity contribution is 0.0918. The van der Waals surface area contributed by atoms with Gasteiger partial charge in [0.05, 0.1) is 10.9 Å². The van der Waals surface area contributed by atoms with Crippen LogP contribution in [0.15, 0.2) is 47.2 Å². The molecular formula is C18H13BrN2O4. The van der Waals surface area contributed by atoms with Gasteiger partial charge in [-0.05, 0) is 36.4 Å². The molecule has 126 valence electrons. The maximum absolute atomic E-state index is 12.4. The Morgan fingerprint density at radius 2 is 1.92 bits per heavy atom. The van der Waals surface area contributed by atoms with E-state index in [9.17, 15) is 4.79 Å². The predicted octanol–water partition coefficient (Wildman–Crippen LogP) is 3.43. The highest BCUT2D eigenvalue weighted by Gasteiger charge is 2.16. The van der Waals surface area contributed by atoms with Crippen LogP contribution in [-0.2, 0) is 0 Å². The third-order valence-corrected chi connectivity index (χ3v) is 4.26. The van der Waals surface area contributed by atoms with Crippen LogP contribution >= 0.6 is 15.9 Å². The van der Waals surface area contributed by atoms with Crippen molar-refractivity contribution in [1.29, 1.82) is 0 Å². The summed E-state index contributed by atoms with van der Waals surface area (Å²) < 4.78 is 17.5. The van der Waals surface area contributed by atoms with Crippen molar-refractivity contribution in [3.63, 3.8) is 0 Å². The Morgan fingerprint density at radius 3 is 2.80 bits per heavy atom. The van der Waals surface area contributed by atoms with Gasteiger partial charge >= 0.3 is 0 Å². The number of halogens is 1. The molecule has 1 aromatic heterocycles. The molecule has 7 heteroatoms. The fourth-order valence-electron chi connectivity index (χ4n) is 2.55. The molecule has 6 nitrogen and oxygen atoms in total. The van der Waals surface area contributed by atoms with E-state index < -0.39 is 0 Å². The van der Waals surface area contributed by atoms with E-state index in [0.29, 0.717) is 36.2 Å². The summed E-state index contributed by atoms with van der Waals surface area (Å²) in [4.78, 5) is 20.8. The number of ether oxygens (including phenoxy) is 3. The maximum atomic E-state index is 12.4. The Balaban J connectivity index is 1.53. The van der Waals surface area contributed by atoms with Gasteiger partial charge in [-0.2, -0.15) is 0 Å². The molecule has 0 aliphatic carbocycles. The molecule has 0 fully saturated rings. The van der Waals surface area contributed by atoms with E-state index in [1.54, 1.807) is 18.2 Å². The summed E-state index contributed by atoms with van der Waals surface area (Å²) in [6.45, 7) is 0.862. The molecule has 1 aliphatic rings. The highest BCUT2D eigenvalue weighted by atomic mass is 79.9.